The van der Waals surface area contributed by atoms with Crippen molar-refractivity contribution in [2.75, 3.05) is 18.5 Å². The Morgan fingerprint density at radius 2 is 2.09 bits per heavy atom. The first-order valence-electron chi connectivity index (χ1n) is 6.69. The average molecular weight is 331 g/mol. The maximum atomic E-state index is 11.8. The van der Waals surface area contributed by atoms with Crippen LogP contribution in [0.15, 0.2) is 18.2 Å². The molecule has 0 saturated heterocycles. The van der Waals surface area contributed by atoms with E-state index in [0.717, 1.165) is 13.3 Å². The smallest absolute Gasteiger partial charge is 0.337 e. The number of carbonyl (C=O) groups excluding carboxylic acids is 1. The molecule has 0 bridgehead atoms. The van der Waals surface area contributed by atoms with Gasteiger partial charge in [0.15, 0.2) is 5.60 Å². The van der Waals surface area contributed by atoms with Gasteiger partial charge in [0, 0.05) is 5.02 Å². The number of halogens is 1. The number of hydrogen-bond acceptors (Lipinski definition) is 4. The van der Waals surface area contributed by atoms with Crippen molar-refractivity contribution in [3.63, 3.8) is 0 Å². The normalized spacial score (nSPS) is 13.1. The zero-order chi connectivity index (χ0) is 16.8. The third kappa shape index (κ3) is 5.42. The second-order valence-electron chi connectivity index (χ2n) is 4.88. The number of urea groups is 1. The second-order valence-corrected chi connectivity index (χ2v) is 5.31. The van der Waals surface area contributed by atoms with Gasteiger partial charge in [0.2, 0.25) is 0 Å². The van der Waals surface area contributed by atoms with Gasteiger partial charge >= 0.3 is 12.0 Å². The number of hydrogen-bond donors (Lipinski definition) is 4. The molecule has 0 aliphatic carbocycles. The number of carboxylic acid groups (broad SMARTS) is 1. The van der Waals surface area contributed by atoms with Crippen molar-refractivity contribution >= 4 is 29.3 Å². The van der Waals surface area contributed by atoms with Gasteiger partial charge in [-0.15, -0.1) is 0 Å². The molecule has 122 valence electrons. The lowest BCUT2D eigenvalue weighted by Gasteiger charge is -2.19. The Bertz CT molecular complexity index is 548. The monoisotopic (exact) mass is 330 g/mol. The fourth-order valence-electron chi connectivity index (χ4n) is 1.43. The molecule has 1 aromatic rings. The van der Waals surface area contributed by atoms with Crippen LogP contribution in [0.3, 0.4) is 0 Å². The number of aliphatic hydroxyl groups is 1. The zero-order valence-electron chi connectivity index (χ0n) is 12.4. The van der Waals surface area contributed by atoms with Crippen molar-refractivity contribution in [2.24, 2.45) is 0 Å². The number of nitrogens with one attached hydrogen (secondary N) is 2. The second kappa shape index (κ2) is 7.86. The van der Waals surface area contributed by atoms with Crippen LogP contribution >= 0.6 is 11.6 Å². The number of carbonyl (C=O) groups is 2. The summed E-state index contributed by atoms with van der Waals surface area (Å²) in [5.41, 5.74) is -1.69. The largest absolute Gasteiger partial charge is 0.491 e. The number of rotatable bonds is 7. The molecule has 1 rings (SSSR count). The van der Waals surface area contributed by atoms with E-state index >= 15 is 0 Å². The minimum Gasteiger partial charge on any atom is -0.491 e. The molecule has 1 unspecified atom stereocenters. The Hall–Kier alpha value is -1.99. The van der Waals surface area contributed by atoms with Crippen molar-refractivity contribution in [2.45, 2.75) is 25.9 Å². The van der Waals surface area contributed by atoms with Crippen molar-refractivity contribution in [3.05, 3.63) is 23.2 Å². The number of anilines is 1. The molecule has 0 saturated carbocycles. The molecule has 0 spiro atoms. The van der Waals surface area contributed by atoms with E-state index in [1.807, 2.05) is 6.92 Å². The van der Waals surface area contributed by atoms with Gasteiger partial charge in [-0.2, -0.15) is 0 Å². The molecule has 4 N–H and O–H groups in total. The molecule has 1 aromatic carbocycles. The van der Waals surface area contributed by atoms with Crippen LogP contribution in [0.1, 0.15) is 20.3 Å². The lowest BCUT2D eigenvalue weighted by molar-refractivity contribution is -0.155. The van der Waals surface area contributed by atoms with Crippen molar-refractivity contribution in [1.82, 2.24) is 5.32 Å². The standard InChI is InChI=1S/C14H19ClN2O5/c1-3-6-22-11-5-4-9(15)7-10(11)17-13(20)16-8-14(2,21)12(18)19/h4-5,7,21H,3,6,8H2,1-2H3,(H,18,19)(H2,16,17,20). The minimum absolute atomic E-state index is 0.355. The zero-order valence-corrected chi connectivity index (χ0v) is 13.1. The molecule has 2 amide bonds. The predicted octanol–water partition coefficient (Wildman–Crippen LogP) is 2.09. The lowest BCUT2D eigenvalue weighted by atomic mass is 10.1. The van der Waals surface area contributed by atoms with E-state index in [-0.39, 0.29) is 0 Å². The molecule has 0 radical (unpaired) electrons. The summed E-state index contributed by atoms with van der Waals surface area (Å²) >= 11 is 5.88. The third-order valence-corrected chi connectivity index (χ3v) is 2.94. The van der Waals surface area contributed by atoms with Crippen LogP contribution in [0.25, 0.3) is 0 Å². The van der Waals surface area contributed by atoms with Crippen molar-refractivity contribution in [3.8, 4) is 5.75 Å². The van der Waals surface area contributed by atoms with Gasteiger partial charge in [0.1, 0.15) is 5.75 Å². The summed E-state index contributed by atoms with van der Waals surface area (Å²) in [5, 5.41) is 23.5. The van der Waals surface area contributed by atoms with E-state index in [4.69, 9.17) is 21.4 Å². The van der Waals surface area contributed by atoms with Crippen molar-refractivity contribution in [1.29, 1.82) is 0 Å². The Labute approximate surface area is 133 Å². The summed E-state index contributed by atoms with van der Waals surface area (Å²) in [5.74, 6) is -0.978. The van der Waals surface area contributed by atoms with E-state index in [1.54, 1.807) is 12.1 Å². The van der Waals surface area contributed by atoms with Crippen LogP contribution in [0.4, 0.5) is 10.5 Å². The van der Waals surface area contributed by atoms with Crippen LogP contribution in [-0.2, 0) is 4.79 Å². The van der Waals surface area contributed by atoms with Crippen LogP contribution in [0, 0.1) is 0 Å². The number of benzene rings is 1. The highest BCUT2D eigenvalue weighted by molar-refractivity contribution is 6.31. The fraction of sp³-hybridized carbons (Fsp3) is 0.429. The number of carboxylic acids is 1. The Morgan fingerprint density at radius 3 is 2.68 bits per heavy atom. The van der Waals surface area contributed by atoms with E-state index < -0.39 is 24.1 Å². The summed E-state index contributed by atoms with van der Waals surface area (Å²) in [6, 6.07) is 4.10. The molecule has 1 atom stereocenters. The predicted molar refractivity (Wildman–Crippen MR) is 82.5 cm³/mol. The SMILES string of the molecule is CCCOc1ccc(Cl)cc1NC(=O)NCC(C)(O)C(=O)O. The Balaban J connectivity index is 2.71. The first-order valence-corrected chi connectivity index (χ1v) is 7.07. The first-order chi connectivity index (χ1) is 10.3. The maximum Gasteiger partial charge on any atom is 0.337 e. The van der Waals surface area contributed by atoms with Crippen LogP contribution in [0.2, 0.25) is 5.02 Å². The van der Waals surface area contributed by atoms with Crippen molar-refractivity contribution < 1.29 is 24.5 Å². The fourth-order valence-corrected chi connectivity index (χ4v) is 1.60. The minimum atomic E-state index is -2.05. The highest BCUT2D eigenvalue weighted by atomic mass is 35.5. The van der Waals surface area contributed by atoms with Gasteiger partial charge in [-0.1, -0.05) is 18.5 Å². The molecule has 0 aliphatic rings. The molecule has 0 fully saturated rings. The maximum absolute atomic E-state index is 11.8. The Kier molecular flexibility index (Phi) is 6.45. The topological polar surface area (TPSA) is 108 Å². The van der Waals surface area contributed by atoms with Gasteiger partial charge in [-0.05, 0) is 31.5 Å². The van der Waals surface area contributed by atoms with Gasteiger partial charge in [-0.3, -0.25) is 0 Å². The van der Waals surface area contributed by atoms with Gasteiger partial charge in [-0.25, -0.2) is 9.59 Å². The molecule has 0 aliphatic heterocycles. The summed E-state index contributed by atoms with van der Waals surface area (Å²) in [7, 11) is 0. The number of amides is 2. The Morgan fingerprint density at radius 1 is 1.41 bits per heavy atom. The molecule has 22 heavy (non-hydrogen) atoms. The third-order valence-electron chi connectivity index (χ3n) is 2.71. The van der Waals surface area contributed by atoms with E-state index in [2.05, 4.69) is 10.6 Å². The molecule has 0 heterocycles. The van der Waals surface area contributed by atoms with Gasteiger partial charge in [0.05, 0.1) is 18.8 Å². The summed E-state index contributed by atoms with van der Waals surface area (Å²) in [4.78, 5) is 22.5. The molecule has 7 nitrogen and oxygen atoms in total. The van der Waals surface area contributed by atoms with Gasteiger partial charge < -0.3 is 25.6 Å². The van der Waals surface area contributed by atoms with Crippen LogP contribution in [0.5, 0.6) is 5.75 Å². The highest BCUT2D eigenvalue weighted by Gasteiger charge is 2.30. The molecular formula is C14H19ClN2O5. The van der Waals surface area contributed by atoms with E-state index in [9.17, 15) is 14.7 Å². The number of ether oxygens (including phenoxy) is 1. The summed E-state index contributed by atoms with van der Waals surface area (Å²) in [6.07, 6.45) is 0.801. The van der Waals surface area contributed by atoms with E-state index in [0.29, 0.717) is 23.1 Å². The number of aliphatic carboxylic acids is 1. The molecule has 0 aromatic heterocycles. The first kappa shape index (κ1) is 18.1. The summed E-state index contributed by atoms with van der Waals surface area (Å²) in [6.45, 7) is 3.07. The lowest BCUT2D eigenvalue weighted by Crippen LogP contribution is -2.47. The molecule has 8 heteroatoms. The van der Waals surface area contributed by atoms with E-state index in [1.165, 1.54) is 6.07 Å². The van der Waals surface area contributed by atoms with Gasteiger partial charge in [0.25, 0.3) is 0 Å². The molecular weight excluding hydrogens is 312 g/mol. The quantitative estimate of drug-likeness (QED) is 0.612. The van der Waals surface area contributed by atoms with Crippen LogP contribution < -0.4 is 15.4 Å². The average Bonchev–Trinajstić information content (AvgIpc) is 2.44. The van der Waals surface area contributed by atoms with Crippen LogP contribution in [-0.4, -0.2) is 41.0 Å². The highest BCUT2D eigenvalue weighted by Crippen LogP contribution is 2.28. The summed E-state index contributed by atoms with van der Waals surface area (Å²) < 4.78 is 5.48.